The lowest BCUT2D eigenvalue weighted by Crippen LogP contribution is -2.15. The van der Waals surface area contributed by atoms with Crippen LogP contribution in [-0.4, -0.2) is 35.5 Å². The highest BCUT2D eigenvalue weighted by molar-refractivity contribution is 7.18. The maximum Gasteiger partial charge on any atom is 0.341 e. The van der Waals surface area contributed by atoms with Crippen molar-refractivity contribution in [1.82, 2.24) is 0 Å². The molecule has 0 aliphatic carbocycles. The maximum absolute atomic E-state index is 12.8. The number of esters is 1. The number of rotatable bonds is 9. The Morgan fingerprint density at radius 1 is 1.07 bits per heavy atom. The number of hydrogen-bond donors (Lipinski definition) is 3. The van der Waals surface area contributed by atoms with E-state index in [1.54, 1.807) is 26.0 Å². The first-order valence-corrected chi connectivity index (χ1v) is 10.2. The molecule has 0 bridgehead atoms. The average molecular weight is 432 g/mol. The van der Waals surface area contributed by atoms with Crippen LogP contribution in [0.4, 0.5) is 10.7 Å². The summed E-state index contributed by atoms with van der Waals surface area (Å²) >= 11 is 0.980. The van der Waals surface area contributed by atoms with E-state index in [1.807, 2.05) is 19.1 Å². The van der Waals surface area contributed by atoms with E-state index in [1.165, 1.54) is 0 Å². The van der Waals surface area contributed by atoms with Gasteiger partial charge in [0.05, 0.1) is 17.0 Å². The Morgan fingerprint density at radius 3 is 2.40 bits per heavy atom. The van der Waals surface area contributed by atoms with Crippen LogP contribution in [0.1, 0.15) is 57.3 Å². The van der Waals surface area contributed by atoms with E-state index in [0.29, 0.717) is 11.3 Å². The molecule has 1 aromatic carbocycles. The predicted octanol–water partition coefficient (Wildman–Crippen LogP) is 3.99. The SMILES string of the molecule is CCOC(=O)c1c(NC(=O)CCCC(=O)O)sc(C(=O)Nc2ccccc2C)c1C. The van der Waals surface area contributed by atoms with Gasteiger partial charge in [0, 0.05) is 18.5 Å². The van der Waals surface area contributed by atoms with E-state index in [2.05, 4.69) is 10.6 Å². The molecule has 0 unspecified atom stereocenters. The Hall–Kier alpha value is -3.20. The zero-order valence-electron chi connectivity index (χ0n) is 17.0. The molecule has 0 spiro atoms. The molecule has 1 heterocycles. The first-order chi connectivity index (χ1) is 14.2. The van der Waals surface area contributed by atoms with Crippen LogP contribution in [-0.2, 0) is 14.3 Å². The number of carboxylic acids is 1. The van der Waals surface area contributed by atoms with Crippen molar-refractivity contribution in [2.24, 2.45) is 0 Å². The van der Waals surface area contributed by atoms with Gasteiger partial charge in [-0.15, -0.1) is 11.3 Å². The van der Waals surface area contributed by atoms with Gasteiger partial charge in [-0.2, -0.15) is 0 Å². The molecule has 2 aromatic rings. The molecule has 1 aromatic heterocycles. The monoisotopic (exact) mass is 432 g/mol. The number of thiophene rings is 1. The van der Waals surface area contributed by atoms with E-state index in [4.69, 9.17) is 9.84 Å². The van der Waals surface area contributed by atoms with Gasteiger partial charge in [0.1, 0.15) is 5.00 Å². The zero-order chi connectivity index (χ0) is 22.3. The summed E-state index contributed by atoms with van der Waals surface area (Å²) in [6, 6.07) is 7.30. The van der Waals surface area contributed by atoms with Crippen molar-refractivity contribution in [2.45, 2.75) is 40.0 Å². The van der Waals surface area contributed by atoms with Gasteiger partial charge in [-0.3, -0.25) is 14.4 Å². The summed E-state index contributed by atoms with van der Waals surface area (Å²) in [7, 11) is 0. The Balaban J connectivity index is 2.28. The minimum atomic E-state index is -0.989. The fourth-order valence-electron chi connectivity index (χ4n) is 2.75. The highest BCUT2D eigenvalue weighted by Crippen LogP contribution is 2.34. The van der Waals surface area contributed by atoms with Crippen LogP contribution in [0.3, 0.4) is 0 Å². The highest BCUT2D eigenvalue weighted by Gasteiger charge is 2.26. The summed E-state index contributed by atoms with van der Waals surface area (Å²) in [6.45, 7) is 5.29. The number of aliphatic carboxylic acids is 1. The summed E-state index contributed by atoms with van der Waals surface area (Å²) in [5.74, 6) is -2.46. The Kier molecular flexibility index (Phi) is 8.11. The maximum atomic E-state index is 12.8. The summed E-state index contributed by atoms with van der Waals surface area (Å²) in [4.78, 5) is 48.4. The van der Waals surface area contributed by atoms with Gasteiger partial charge in [0.2, 0.25) is 5.91 Å². The number of hydrogen-bond acceptors (Lipinski definition) is 6. The first kappa shape index (κ1) is 23.1. The summed E-state index contributed by atoms with van der Waals surface area (Å²) < 4.78 is 5.08. The summed E-state index contributed by atoms with van der Waals surface area (Å²) in [6.07, 6.45) is 0.0167. The molecule has 0 radical (unpaired) electrons. The summed E-state index contributed by atoms with van der Waals surface area (Å²) in [5.41, 5.74) is 2.07. The lowest BCUT2D eigenvalue weighted by Gasteiger charge is -2.08. The Morgan fingerprint density at radius 2 is 1.77 bits per heavy atom. The van der Waals surface area contributed by atoms with Crippen LogP contribution >= 0.6 is 11.3 Å². The normalized spacial score (nSPS) is 10.4. The molecule has 3 N–H and O–H groups in total. The second kappa shape index (κ2) is 10.5. The zero-order valence-corrected chi connectivity index (χ0v) is 17.9. The predicted molar refractivity (Wildman–Crippen MR) is 114 cm³/mol. The van der Waals surface area contributed by atoms with Crippen LogP contribution in [0.15, 0.2) is 24.3 Å². The number of amides is 2. The van der Waals surface area contributed by atoms with Gasteiger partial charge in [0.25, 0.3) is 5.91 Å². The Bertz CT molecular complexity index is 966. The molecule has 0 aliphatic heterocycles. The number of carbonyl (C=O) groups excluding carboxylic acids is 3. The molecule has 160 valence electrons. The van der Waals surface area contributed by atoms with Crippen LogP contribution < -0.4 is 10.6 Å². The highest BCUT2D eigenvalue weighted by atomic mass is 32.1. The van der Waals surface area contributed by atoms with Gasteiger partial charge in [-0.1, -0.05) is 18.2 Å². The molecule has 0 saturated carbocycles. The Labute approximate surface area is 178 Å². The number of carbonyl (C=O) groups is 4. The molecule has 2 rings (SSSR count). The number of carboxylic acid groups (broad SMARTS) is 1. The van der Waals surface area contributed by atoms with Crippen molar-refractivity contribution in [3.05, 3.63) is 45.8 Å². The number of anilines is 2. The topological polar surface area (TPSA) is 122 Å². The van der Waals surface area contributed by atoms with Crippen molar-refractivity contribution < 1.29 is 29.0 Å². The minimum Gasteiger partial charge on any atom is -0.481 e. The molecule has 0 fully saturated rings. The van der Waals surface area contributed by atoms with Gasteiger partial charge in [-0.05, 0) is 44.4 Å². The van der Waals surface area contributed by atoms with E-state index in [9.17, 15) is 19.2 Å². The number of aryl methyl sites for hydroxylation is 1. The molecule has 0 aliphatic rings. The van der Waals surface area contributed by atoms with Crippen LogP contribution in [0.2, 0.25) is 0 Å². The minimum absolute atomic E-state index is 0.0176. The number of nitrogens with one attached hydrogen (secondary N) is 2. The number of ether oxygens (including phenoxy) is 1. The summed E-state index contributed by atoms with van der Waals surface area (Å²) in [5, 5.41) is 14.3. The second-order valence-electron chi connectivity index (χ2n) is 6.55. The molecule has 8 nitrogen and oxygen atoms in total. The largest absolute Gasteiger partial charge is 0.481 e. The quantitative estimate of drug-likeness (QED) is 0.515. The van der Waals surface area contributed by atoms with Gasteiger partial charge < -0.3 is 20.5 Å². The van der Waals surface area contributed by atoms with Crippen molar-refractivity contribution in [2.75, 3.05) is 17.2 Å². The lowest BCUT2D eigenvalue weighted by atomic mass is 10.1. The molecular weight excluding hydrogens is 408 g/mol. The number of benzene rings is 1. The molecule has 30 heavy (non-hydrogen) atoms. The molecule has 0 saturated heterocycles. The molecule has 2 amide bonds. The number of para-hydroxylation sites is 1. The van der Waals surface area contributed by atoms with E-state index in [-0.39, 0.29) is 41.3 Å². The molecular formula is C21H24N2O6S. The van der Waals surface area contributed by atoms with E-state index >= 15 is 0 Å². The third kappa shape index (κ3) is 5.90. The van der Waals surface area contributed by atoms with Crippen LogP contribution in [0.5, 0.6) is 0 Å². The van der Waals surface area contributed by atoms with Gasteiger partial charge in [0.15, 0.2) is 0 Å². The third-order valence-electron chi connectivity index (χ3n) is 4.27. The van der Waals surface area contributed by atoms with E-state index < -0.39 is 23.8 Å². The van der Waals surface area contributed by atoms with Crippen LogP contribution in [0, 0.1) is 13.8 Å². The second-order valence-corrected chi connectivity index (χ2v) is 7.57. The first-order valence-electron chi connectivity index (χ1n) is 9.43. The third-order valence-corrected chi connectivity index (χ3v) is 5.48. The molecule has 0 atom stereocenters. The van der Waals surface area contributed by atoms with Gasteiger partial charge >= 0.3 is 11.9 Å². The van der Waals surface area contributed by atoms with Crippen molar-refractivity contribution in [3.63, 3.8) is 0 Å². The van der Waals surface area contributed by atoms with Crippen LogP contribution in [0.25, 0.3) is 0 Å². The smallest absolute Gasteiger partial charge is 0.341 e. The standard InChI is InChI=1S/C21H24N2O6S/c1-4-29-21(28)17-13(3)18(19(27)22-14-9-6-5-8-12(14)2)30-20(17)23-15(24)10-7-11-16(25)26/h5-6,8-9H,4,7,10-11H2,1-3H3,(H,22,27)(H,23,24)(H,25,26). The lowest BCUT2D eigenvalue weighted by molar-refractivity contribution is -0.137. The van der Waals surface area contributed by atoms with Crippen molar-refractivity contribution in [3.8, 4) is 0 Å². The van der Waals surface area contributed by atoms with Gasteiger partial charge in [-0.25, -0.2) is 4.79 Å². The van der Waals surface area contributed by atoms with Crippen molar-refractivity contribution in [1.29, 1.82) is 0 Å². The fraction of sp³-hybridized carbons (Fsp3) is 0.333. The van der Waals surface area contributed by atoms with E-state index in [0.717, 1.165) is 16.9 Å². The van der Waals surface area contributed by atoms with Crippen molar-refractivity contribution >= 4 is 45.8 Å². The fourth-order valence-corrected chi connectivity index (χ4v) is 3.86. The molecule has 9 heteroatoms. The average Bonchev–Trinajstić information content (AvgIpc) is 2.99.